The number of hydrogen-bond donors (Lipinski definition) is 1. The fourth-order valence-corrected chi connectivity index (χ4v) is 0.497. The third-order valence-corrected chi connectivity index (χ3v) is 1.25. The Morgan fingerprint density at radius 1 is 1.60 bits per heavy atom. The summed E-state index contributed by atoms with van der Waals surface area (Å²) in [5, 5.41) is 2.90. The topological polar surface area (TPSA) is 12.0 Å². The third kappa shape index (κ3) is 2.99. The molecule has 0 saturated carbocycles. The fraction of sp³-hybridized carbons (Fsp3) is 0.333. The first-order chi connectivity index (χ1) is 4.74. The highest BCUT2D eigenvalue weighted by Crippen LogP contribution is 1.96. The fourth-order valence-electron chi connectivity index (χ4n) is 0.497. The SMILES string of the molecule is C#C/C(=C\C(C)=C/C)NC. The summed E-state index contributed by atoms with van der Waals surface area (Å²) in [5.41, 5.74) is 1.98. The van der Waals surface area contributed by atoms with Gasteiger partial charge in [0.05, 0.1) is 5.70 Å². The molecule has 0 aliphatic heterocycles. The predicted octanol–water partition coefficient (Wildman–Crippen LogP) is 1.69. The van der Waals surface area contributed by atoms with E-state index in [2.05, 4.69) is 11.2 Å². The van der Waals surface area contributed by atoms with Crippen molar-refractivity contribution in [1.29, 1.82) is 0 Å². The van der Waals surface area contributed by atoms with Crippen LogP contribution in [0.3, 0.4) is 0 Å². The largest absolute Gasteiger partial charge is 0.381 e. The van der Waals surface area contributed by atoms with E-state index in [0.717, 1.165) is 5.70 Å². The van der Waals surface area contributed by atoms with Crippen LogP contribution in [0, 0.1) is 12.3 Å². The molecule has 0 fully saturated rings. The minimum atomic E-state index is 0.815. The molecule has 0 aliphatic carbocycles. The molecule has 0 atom stereocenters. The molecular formula is C9H13N. The lowest BCUT2D eigenvalue weighted by atomic mass is 10.2. The minimum absolute atomic E-state index is 0.815. The molecule has 0 heterocycles. The van der Waals surface area contributed by atoms with Gasteiger partial charge >= 0.3 is 0 Å². The number of terminal acetylenes is 1. The number of allylic oxidation sites excluding steroid dienone is 4. The van der Waals surface area contributed by atoms with Gasteiger partial charge in [-0.3, -0.25) is 0 Å². The van der Waals surface area contributed by atoms with Gasteiger partial charge in [0.25, 0.3) is 0 Å². The van der Waals surface area contributed by atoms with Crippen molar-refractivity contribution >= 4 is 0 Å². The first-order valence-electron chi connectivity index (χ1n) is 3.23. The average Bonchev–Trinajstić information content (AvgIpc) is 1.99. The Labute approximate surface area is 62.8 Å². The first kappa shape index (κ1) is 8.84. The highest BCUT2D eigenvalue weighted by Gasteiger charge is 1.84. The Morgan fingerprint density at radius 2 is 2.20 bits per heavy atom. The molecule has 0 radical (unpaired) electrons. The van der Waals surface area contributed by atoms with E-state index in [0.29, 0.717) is 0 Å². The van der Waals surface area contributed by atoms with Gasteiger partial charge in [0.2, 0.25) is 0 Å². The maximum atomic E-state index is 5.18. The Hall–Kier alpha value is -1.16. The maximum Gasteiger partial charge on any atom is 0.0850 e. The van der Waals surface area contributed by atoms with Crippen molar-refractivity contribution in [3.8, 4) is 12.3 Å². The summed E-state index contributed by atoms with van der Waals surface area (Å²) in [6.45, 7) is 3.99. The highest BCUT2D eigenvalue weighted by molar-refractivity contribution is 5.31. The van der Waals surface area contributed by atoms with Crippen molar-refractivity contribution in [2.75, 3.05) is 7.05 Å². The Balaban J connectivity index is 4.29. The Kier molecular flexibility index (Phi) is 4.15. The van der Waals surface area contributed by atoms with Gasteiger partial charge in [-0.15, -0.1) is 6.42 Å². The predicted molar refractivity (Wildman–Crippen MR) is 45.4 cm³/mol. The molecule has 1 N–H and O–H groups in total. The zero-order chi connectivity index (χ0) is 7.98. The van der Waals surface area contributed by atoms with E-state index in [-0.39, 0.29) is 0 Å². The third-order valence-electron chi connectivity index (χ3n) is 1.25. The van der Waals surface area contributed by atoms with Crippen molar-refractivity contribution in [3.05, 3.63) is 23.4 Å². The van der Waals surface area contributed by atoms with Gasteiger partial charge < -0.3 is 5.32 Å². The summed E-state index contributed by atoms with van der Waals surface area (Å²) in [7, 11) is 1.81. The van der Waals surface area contributed by atoms with Gasteiger partial charge in [0.1, 0.15) is 0 Å². The molecule has 1 heteroatoms. The van der Waals surface area contributed by atoms with Gasteiger partial charge in [-0.1, -0.05) is 17.6 Å². The molecular weight excluding hydrogens is 122 g/mol. The lowest BCUT2D eigenvalue weighted by Crippen LogP contribution is -2.02. The van der Waals surface area contributed by atoms with Gasteiger partial charge in [0.15, 0.2) is 0 Å². The summed E-state index contributed by atoms with van der Waals surface area (Å²) >= 11 is 0. The molecule has 0 aliphatic rings. The molecule has 0 saturated heterocycles. The number of hydrogen-bond acceptors (Lipinski definition) is 1. The molecule has 0 aromatic rings. The molecule has 1 nitrogen and oxygen atoms in total. The quantitative estimate of drug-likeness (QED) is 0.449. The molecule has 10 heavy (non-hydrogen) atoms. The second-order valence-corrected chi connectivity index (χ2v) is 1.99. The van der Waals surface area contributed by atoms with E-state index in [9.17, 15) is 0 Å². The van der Waals surface area contributed by atoms with Crippen molar-refractivity contribution in [1.82, 2.24) is 5.32 Å². The Bertz CT molecular complexity index is 191. The average molecular weight is 135 g/mol. The van der Waals surface area contributed by atoms with Crippen LogP contribution in [0.5, 0.6) is 0 Å². The van der Waals surface area contributed by atoms with Crippen LogP contribution in [0.25, 0.3) is 0 Å². The van der Waals surface area contributed by atoms with Crippen LogP contribution < -0.4 is 5.32 Å². The van der Waals surface area contributed by atoms with Crippen LogP contribution in [0.15, 0.2) is 23.4 Å². The van der Waals surface area contributed by atoms with Crippen molar-refractivity contribution < 1.29 is 0 Å². The maximum absolute atomic E-state index is 5.18. The van der Waals surface area contributed by atoms with Crippen molar-refractivity contribution in [2.24, 2.45) is 0 Å². The second kappa shape index (κ2) is 4.69. The van der Waals surface area contributed by atoms with E-state index >= 15 is 0 Å². The summed E-state index contributed by atoms with van der Waals surface area (Å²) in [6, 6.07) is 0. The van der Waals surface area contributed by atoms with Crippen LogP contribution in [0.1, 0.15) is 13.8 Å². The standard InChI is InChI=1S/C9H13N/c1-5-8(3)7-9(6-2)10-4/h2,5,7,10H,1,3-4H3/b8-5-,9-7+. The summed E-state index contributed by atoms with van der Waals surface area (Å²) in [4.78, 5) is 0. The summed E-state index contributed by atoms with van der Waals surface area (Å²) in [5.74, 6) is 2.53. The zero-order valence-corrected chi connectivity index (χ0v) is 6.73. The van der Waals surface area contributed by atoms with E-state index in [1.807, 2.05) is 33.0 Å². The van der Waals surface area contributed by atoms with E-state index in [1.54, 1.807) is 0 Å². The number of rotatable bonds is 2. The molecule has 0 spiro atoms. The van der Waals surface area contributed by atoms with E-state index in [4.69, 9.17) is 6.42 Å². The molecule has 0 amide bonds. The van der Waals surface area contributed by atoms with Crippen LogP contribution in [-0.4, -0.2) is 7.05 Å². The first-order valence-corrected chi connectivity index (χ1v) is 3.23. The van der Waals surface area contributed by atoms with Crippen LogP contribution in [0.2, 0.25) is 0 Å². The van der Waals surface area contributed by atoms with Crippen LogP contribution in [0.4, 0.5) is 0 Å². The smallest absolute Gasteiger partial charge is 0.0850 e. The monoisotopic (exact) mass is 135 g/mol. The zero-order valence-electron chi connectivity index (χ0n) is 6.73. The summed E-state index contributed by atoms with van der Waals surface area (Å²) in [6.07, 6.45) is 9.12. The molecule has 0 aromatic heterocycles. The second-order valence-electron chi connectivity index (χ2n) is 1.99. The lowest BCUT2D eigenvalue weighted by molar-refractivity contribution is 1.04. The molecule has 0 aromatic carbocycles. The molecule has 0 unspecified atom stereocenters. The van der Waals surface area contributed by atoms with Gasteiger partial charge in [-0.05, 0) is 19.9 Å². The number of nitrogens with one attached hydrogen (secondary N) is 1. The van der Waals surface area contributed by atoms with Crippen LogP contribution >= 0.6 is 0 Å². The molecule has 0 rings (SSSR count). The lowest BCUT2D eigenvalue weighted by Gasteiger charge is -1.96. The highest BCUT2D eigenvalue weighted by atomic mass is 14.8. The minimum Gasteiger partial charge on any atom is -0.381 e. The van der Waals surface area contributed by atoms with Gasteiger partial charge in [-0.25, -0.2) is 0 Å². The van der Waals surface area contributed by atoms with Crippen molar-refractivity contribution in [3.63, 3.8) is 0 Å². The summed E-state index contributed by atoms with van der Waals surface area (Å²) < 4.78 is 0. The molecule has 54 valence electrons. The van der Waals surface area contributed by atoms with Crippen LogP contribution in [-0.2, 0) is 0 Å². The Morgan fingerprint density at radius 3 is 2.50 bits per heavy atom. The normalized spacial score (nSPS) is 12.6. The van der Waals surface area contributed by atoms with Gasteiger partial charge in [-0.2, -0.15) is 0 Å². The molecule has 0 bridgehead atoms. The van der Waals surface area contributed by atoms with Crippen molar-refractivity contribution in [2.45, 2.75) is 13.8 Å². The van der Waals surface area contributed by atoms with E-state index < -0.39 is 0 Å². The van der Waals surface area contributed by atoms with E-state index in [1.165, 1.54) is 5.57 Å². The van der Waals surface area contributed by atoms with Gasteiger partial charge in [0, 0.05) is 7.05 Å².